The highest BCUT2D eigenvalue weighted by atomic mass is 79.9. The second kappa shape index (κ2) is 6.61. The summed E-state index contributed by atoms with van der Waals surface area (Å²) in [5.41, 5.74) is 1.90. The van der Waals surface area contributed by atoms with Crippen molar-refractivity contribution in [3.8, 4) is 0 Å². The van der Waals surface area contributed by atoms with Gasteiger partial charge in [-0.15, -0.1) is 0 Å². The van der Waals surface area contributed by atoms with Gasteiger partial charge in [-0.3, -0.25) is 0 Å². The van der Waals surface area contributed by atoms with E-state index >= 15 is 0 Å². The van der Waals surface area contributed by atoms with E-state index in [-0.39, 0.29) is 11.9 Å². The Bertz CT molecular complexity index is 532. The number of thiophene rings is 1. The zero-order valence-corrected chi connectivity index (χ0v) is 12.8. The minimum atomic E-state index is -0.516. The Balaban J connectivity index is 1.93. The van der Waals surface area contributed by atoms with Crippen molar-refractivity contribution in [1.29, 1.82) is 0 Å². The summed E-state index contributed by atoms with van der Waals surface area (Å²) in [7, 11) is 0. The van der Waals surface area contributed by atoms with E-state index in [9.17, 15) is 9.50 Å². The Morgan fingerprint density at radius 2 is 2.16 bits per heavy atom. The van der Waals surface area contributed by atoms with Crippen molar-refractivity contribution in [3.05, 3.63) is 56.4 Å². The highest BCUT2D eigenvalue weighted by Gasteiger charge is 2.12. The molecule has 0 aliphatic carbocycles. The molecular formula is C14H15BrFNOS. The molecule has 2 unspecified atom stereocenters. The summed E-state index contributed by atoms with van der Waals surface area (Å²) in [4.78, 5) is 0. The van der Waals surface area contributed by atoms with Gasteiger partial charge in [0.2, 0.25) is 0 Å². The van der Waals surface area contributed by atoms with Crippen LogP contribution in [0.4, 0.5) is 4.39 Å². The SMILES string of the molecule is CC(NCC(O)c1ccsc1)c1ccc(F)c(Br)c1. The largest absolute Gasteiger partial charge is 0.387 e. The molecule has 2 aromatic rings. The lowest BCUT2D eigenvalue weighted by molar-refractivity contribution is 0.171. The second-order valence-electron chi connectivity index (χ2n) is 4.38. The first kappa shape index (κ1) is 14.7. The molecule has 5 heteroatoms. The summed E-state index contributed by atoms with van der Waals surface area (Å²) in [5.74, 6) is -0.269. The Morgan fingerprint density at radius 1 is 1.37 bits per heavy atom. The molecule has 0 amide bonds. The number of hydrogen-bond acceptors (Lipinski definition) is 3. The number of halogens is 2. The van der Waals surface area contributed by atoms with Crippen molar-refractivity contribution in [3.63, 3.8) is 0 Å². The van der Waals surface area contributed by atoms with Gasteiger partial charge in [0.15, 0.2) is 0 Å². The van der Waals surface area contributed by atoms with Gasteiger partial charge in [0.25, 0.3) is 0 Å². The standard InChI is InChI=1S/C14H15BrFNOS/c1-9(10-2-3-13(16)12(15)6-10)17-7-14(18)11-4-5-19-8-11/h2-6,8-9,14,17-18H,7H2,1H3. The van der Waals surface area contributed by atoms with E-state index in [4.69, 9.17) is 0 Å². The van der Waals surface area contributed by atoms with Crippen molar-refractivity contribution >= 4 is 27.3 Å². The molecule has 0 bridgehead atoms. The van der Waals surface area contributed by atoms with Crippen LogP contribution in [-0.4, -0.2) is 11.7 Å². The van der Waals surface area contributed by atoms with Gasteiger partial charge in [0, 0.05) is 12.6 Å². The van der Waals surface area contributed by atoms with E-state index in [2.05, 4.69) is 21.2 Å². The average Bonchev–Trinajstić information content (AvgIpc) is 2.92. The zero-order chi connectivity index (χ0) is 13.8. The molecule has 2 rings (SSSR count). The first-order valence-electron chi connectivity index (χ1n) is 5.96. The van der Waals surface area contributed by atoms with Crippen LogP contribution >= 0.6 is 27.3 Å². The molecule has 2 atom stereocenters. The summed E-state index contributed by atoms with van der Waals surface area (Å²) in [6, 6.07) is 6.90. The molecule has 0 spiro atoms. The van der Waals surface area contributed by atoms with Gasteiger partial charge in [-0.05, 0) is 62.9 Å². The van der Waals surface area contributed by atoms with Crippen molar-refractivity contribution < 1.29 is 9.50 Å². The highest BCUT2D eigenvalue weighted by Crippen LogP contribution is 2.22. The molecule has 1 heterocycles. The molecule has 102 valence electrons. The van der Waals surface area contributed by atoms with E-state index in [1.807, 2.05) is 23.8 Å². The molecule has 19 heavy (non-hydrogen) atoms. The molecule has 0 fully saturated rings. The van der Waals surface area contributed by atoms with Crippen LogP contribution in [0.1, 0.15) is 30.2 Å². The molecule has 0 aliphatic rings. The van der Waals surface area contributed by atoms with E-state index in [1.165, 1.54) is 6.07 Å². The second-order valence-corrected chi connectivity index (χ2v) is 6.01. The fraction of sp³-hybridized carbons (Fsp3) is 0.286. The van der Waals surface area contributed by atoms with E-state index in [1.54, 1.807) is 23.5 Å². The topological polar surface area (TPSA) is 32.3 Å². The first-order chi connectivity index (χ1) is 9.08. The summed E-state index contributed by atoms with van der Waals surface area (Å²) in [6.45, 7) is 2.45. The fourth-order valence-corrected chi connectivity index (χ4v) is 2.87. The summed E-state index contributed by atoms with van der Waals surface area (Å²) in [6.07, 6.45) is -0.516. The van der Waals surface area contributed by atoms with Crippen LogP contribution in [0.15, 0.2) is 39.5 Å². The molecular weight excluding hydrogens is 329 g/mol. The maximum Gasteiger partial charge on any atom is 0.137 e. The van der Waals surface area contributed by atoms with E-state index in [0.717, 1.165) is 11.1 Å². The lowest BCUT2D eigenvalue weighted by Gasteiger charge is -2.17. The number of nitrogens with one attached hydrogen (secondary N) is 1. The quantitative estimate of drug-likeness (QED) is 0.858. The predicted molar refractivity (Wildman–Crippen MR) is 79.8 cm³/mol. The van der Waals surface area contributed by atoms with Gasteiger partial charge in [-0.25, -0.2) is 4.39 Å². The number of aliphatic hydroxyl groups excluding tert-OH is 1. The van der Waals surface area contributed by atoms with Crippen LogP contribution in [-0.2, 0) is 0 Å². The number of rotatable bonds is 5. The summed E-state index contributed by atoms with van der Waals surface area (Å²) in [5, 5.41) is 17.1. The van der Waals surface area contributed by atoms with Gasteiger partial charge < -0.3 is 10.4 Å². The van der Waals surface area contributed by atoms with Crippen LogP contribution in [0.25, 0.3) is 0 Å². The normalized spacial score (nSPS) is 14.3. The van der Waals surface area contributed by atoms with Gasteiger partial charge in [-0.1, -0.05) is 6.07 Å². The van der Waals surface area contributed by atoms with Crippen molar-refractivity contribution in [2.45, 2.75) is 19.1 Å². The Labute approximate surface area is 124 Å². The van der Waals surface area contributed by atoms with Crippen LogP contribution in [0, 0.1) is 5.82 Å². The number of benzene rings is 1. The fourth-order valence-electron chi connectivity index (χ4n) is 1.77. The van der Waals surface area contributed by atoms with Crippen molar-refractivity contribution in [2.24, 2.45) is 0 Å². The van der Waals surface area contributed by atoms with Gasteiger partial charge in [-0.2, -0.15) is 11.3 Å². The minimum absolute atomic E-state index is 0.0465. The molecule has 0 saturated heterocycles. The van der Waals surface area contributed by atoms with Gasteiger partial charge in [0.1, 0.15) is 5.82 Å². The van der Waals surface area contributed by atoms with E-state index < -0.39 is 6.10 Å². The zero-order valence-electron chi connectivity index (χ0n) is 10.4. The van der Waals surface area contributed by atoms with Crippen molar-refractivity contribution in [1.82, 2.24) is 5.32 Å². The third-order valence-corrected chi connectivity index (χ3v) is 4.30. The maximum absolute atomic E-state index is 13.2. The monoisotopic (exact) mass is 343 g/mol. The summed E-state index contributed by atoms with van der Waals surface area (Å²) >= 11 is 4.74. The molecule has 2 N–H and O–H groups in total. The Morgan fingerprint density at radius 3 is 2.79 bits per heavy atom. The van der Waals surface area contributed by atoms with Crippen LogP contribution < -0.4 is 5.32 Å². The van der Waals surface area contributed by atoms with Gasteiger partial charge >= 0.3 is 0 Å². The maximum atomic E-state index is 13.2. The van der Waals surface area contributed by atoms with Crippen LogP contribution in [0.3, 0.4) is 0 Å². The number of hydrogen-bond donors (Lipinski definition) is 2. The Hall–Kier alpha value is -0.750. The third-order valence-electron chi connectivity index (χ3n) is 2.99. The average molecular weight is 344 g/mol. The molecule has 1 aromatic carbocycles. The molecule has 0 radical (unpaired) electrons. The molecule has 0 aliphatic heterocycles. The minimum Gasteiger partial charge on any atom is -0.387 e. The van der Waals surface area contributed by atoms with Crippen LogP contribution in [0.2, 0.25) is 0 Å². The molecule has 2 nitrogen and oxygen atoms in total. The lowest BCUT2D eigenvalue weighted by Crippen LogP contribution is -2.24. The smallest absolute Gasteiger partial charge is 0.137 e. The Kier molecular flexibility index (Phi) is 5.10. The lowest BCUT2D eigenvalue weighted by atomic mass is 10.1. The molecule has 1 aromatic heterocycles. The number of aliphatic hydroxyl groups is 1. The van der Waals surface area contributed by atoms with Crippen molar-refractivity contribution in [2.75, 3.05) is 6.54 Å². The van der Waals surface area contributed by atoms with Crippen LogP contribution in [0.5, 0.6) is 0 Å². The van der Waals surface area contributed by atoms with E-state index in [0.29, 0.717) is 11.0 Å². The molecule has 0 saturated carbocycles. The first-order valence-corrected chi connectivity index (χ1v) is 7.70. The highest BCUT2D eigenvalue weighted by molar-refractivity contribution is 9.10. The summed E-state index contributed by atoms with van der Waals surface area (Å²) < 4.78 is 13.6. The third kappa shape index (κ3) is 3.86. The van der Waals surface area contributed by atoms with Gasteiger partial charge in [0.05, 0.1) is 10.6 Å². The predicted octanol–water partition coefficient (Wildman–Crippen LogP) is 4.03.